The van der Waals surface area contributed by atoms with E-state index in [1.54, 1.807) is 52.0 Å². The van der Waals surface area contributed by atoms with Gasteiger partial charge in [0.2, 0.25) is 5.90 Å². The van der Waals surface area contributed by atoms with Crippen LogP contribution in [0, 0.1) is 0 Å². The maximum Gasteiger partial charge on any atom is 0.306 e. The first kappa shape index (κ1) is 29.5. The fourth-order valence-corrected chi connectivity index (χ4v) is 3.52. The summed E-state index contributed by atoms with van der Waals surface area (Å²) in [7, 11) is 2.98. The average Bonchev–Trinajstić information content (AvgIpc) is 3.17. The van der Waals surface area contributed by atoms with Crippen LogP contribution in [0.15, 0.2) is 29.3 Å². The maximum absolute atomic E-state index is 13.4. The molecular formula is C25H39N3O8. The molecule has 1 aromatic carbocycles. The largest absolute Gasteiger partial charge is 0.494 e. The number of hydrogen-bond acceptors (Lipinski definition) is 10. The number of rotatable bonds is 14. The van der Waals surface area contributed by atoms with Gasteiger partial charge in [-0.05, 0) is 58.4 Å². The van der Waals surface area contributed by atoms with E-state index >= 15 is 0 Å². The first-order valence-corrected chi connectivity index (χ1v) is 12.0. The van der Waals surface area contributed by atoms with Crippen molar-refractivity contribution >= 4 is 17.8 Å². The fourth-order valence-electron chi connectivity index (χ4n) is 3.52. The van der Waals surface area contributed by atoms with Crippen molar-refractivity contribution in [2.24, 2.45) is 4.99 Å². The highest BCUT2D eigenvalue weighted by Gasteiger charge is 2.50. The van der Waals surface area contributed by atoms with Crippen LogP contribution in [0.2, 0.25) is 0 Å². The Hall–Kier alpha value is -2.73. The Bertz CT molecular complexity index is 880. The molecule has 11 heteroatoms. The van der Waals surface area contributed by atoms with Crippen LogP contribution in [-0.4, -0.2) is 80.4 Å². The quantitative estimate of drug-likeness (QED) is 0.148. The number of nitrogens with one attached hydrogen (secondary N) is 2. The van der Waals surface area contributed by atoms with Gasteiger partial charge in [0.15, 0.2) is 11.8 Å². The van der Waals surface area contributed by atoms with Gasteiger partial charge in [0.05, 0.1) is 13.2 Å². The summed E-state index contributed by atoms with van der Waals surface area (Å²) in [6, 6.07) is 7.09. The molecule has 11 nitrogen and oxygen atoms in total. The van der Waals surface area contributed by atoms with Crippen LogP contribution < -0.4 is 15.6 Å². The Morgan fingerprint density at radius 1 is 1.19 bits per heavy atom. The zero-order valence-corrected chi connectivity index (χ0v) is 22.0. The number of hydrazine groups is 1. The second-order valence-corrected chi connectivity index (χ2v) is 9.37. The van der Waals surface area contributed by atoms with E-state index in [2.05, 4.69) is 15.8 Å². The molecule has 3 N–H and O–H groups in total. The minimum absolute atomic E-state index is 0.0222. The Kier molecular flexibility index (Phi) is 11.1. The maximum atomic E-state index is 13.4. The summed E-state index contributed by atoms with van der Waals surface area (Å²) in [5.41, 5.74) is 4.09. The van der Waals surface area contributed by atoms with Crippen LogP contribution in [0.3, 0.4) is 0 Å². The molecule has 0 aliphatic carbocycles. The molecule has 2 atom stereocenters. The molecule has 1 heterocycles. The third-order valence-corrected chi connectivity index (χ3v) is 5.45. The third-order valence-electron chi connectivity index (χ3n) is 5.45. The molecule has 202 valence electrons. The Balaban J connectivity index is 2.23. The zero-order valence-electron chi connectivity index (χ0n) is 22.0. The predicted octanol–water partition coefficient (Wildman–Crippen LogP) is 1.71. The molecule has 1 aliphatic rings. The monoisotopic (exact) mass is 509 g/mol. The summed E-state index contributed by atoms with van der Waals surface area (Å²) in [5, 5.41) is 8.90. The van der Waals surface area contributed by atoms with Crippen molar-refractivity contribution in [2.75, 3.05) is 34.0 Å². The number of ether oxygens (including phenoxy) is 5. The molecule has 0 spiro atoms. The second kappa shape index (κ2) is 13.5. The summed E-state index contributed by atoms with van der Waals surface area (Å²) in [4.78, 5) is 30.5. The number of carbonyl (C=O) groups excluding carboxylic acids is 2. The number of aliphatic hydroxyl groups excluding tert-OH is 1. The van der Waals surface area contributed by atoms with E-state index in [9.17, 15) is 9.59 Å². The molecule has 0 saturated heterocycles. The lowest BCUT2D eigenvalue weighted by Crippen LogP contribution is -2.56. The molecule has 1 aromatic rings. The van der Waals surface area contributed by atoms with Gasteiger partial charge in [-0.1, -0.05) is 0 Å². The van der Waals surface area contributed by atoms with Crippen molar-refractivity contribution in [3.05, 3.63) is 29.8 Å². The number of esters is 1. The summed E-state index contributed by atoms with van der Waals surface area (Å²) in [6.45, 7) is 7.75. The number of aliphatic imine (C=N–C) groups is 1. The number of aliphatic hydroxyl groups is 1. The predicted molar refractivity (Wildman–Crippen MR) is 132 cm³/mol. The molecule has 0 fully saturated rings. The van der Waals surface area contributed by atoms with Crippen LogP contribution in [0.4, 0.5) is 0 Å². The van der Waals surface area contributed by atoms with E-state index in [0.717, 1.165) is 0 Å². The lowest BCUT2D eigenvalue weighted by Gasteiger charge is -2.28. The Morgan fingerprint density at radius 2 is 1.86 bits per heavy atom. The highest BCUT2D eigenvalue weighted by atomic mass is 16.7. The molecule has 0 radical (unpaired) electrons. The lowest BCUT2D eigenvalue weighted by atomic mass is 9.88. The second-order valence-electron chi connectivity index (χ2n) is 9.37. The number of methoxy groups -OCH3 is 2. The van der Waals surface area contributed by atoms with Gasteiger partial charge in [-0.2, -0.15) is 0 Å². The minimum Gasteiger partial charge on any atom is -0.494 e. The highest BCUT2D eigenvalue weighted by Crippen LogP contribution is 2.33. The van der Waals surface area contributed by atoms with E-state index in [1.807, 2.05) is 0 Å². The van der Waals surface area contributed by atoms with Gasteiger partial charge in [-0.3, -0.25) is 15.0 Å². The van der Waals surface area contributed by atoms with E-state index < -0.39 is 35.4 Å². The number of nitrogens with zero attached hydrogens (tertiary/aromatic N) is 1. The average molecular weight is 510 g/mol. The Morgan fingerprint density at radius 3 is 2.44 bits per heavy atom. The third kappa shape index (κ3) is 8.44. The number of hydrogen-bond donors (Lipinski definition) is 3. The molecule has 1 aliphatic heterocycles. The van der Waals surface area contributed by atoms with Gasteiger partial charge in [-0.15, -0.1) is 0 Å². The van der Waals surface area contributed by atoms with Gasteiger partial charge < -0.3 is 28.8 Å². The molecule has 36 heavy (non-hydrogen) atoms. The first-order valence-electron chi connectivity index (χ1n) is 12.0. The summed E-state index contributed by atoms with van der Waals surface area (Å²) < 4.78 is 27.2. The molecule has 0 unspecified atom stereocenters. The number of amides is 1. The van der Waals surface area contributed by atoms with E-state index in [4.69, 9.17) is 28.8 Å². The van der Waals surface area contributed by atoms with Crippen LogP contribution in [0.5, 0.6) is 5.75 Å². The lowest BCUT2D eigenvalue weighted by molar-refractivity contribution is -0.155. The molecule has 0 aromatic heterocycles. The van der Waals surface area contributed by atoms with Crippen LogP contribution in [-0.2, 0) is 28.5 Å². The molecular weight excluding hydrogens is 470 g/mol. The molecule has 2 rings (SSSR count). The van der Waals surface area contributed by atoms with Gasteiger partial charge in [-0.25, -0.2) is 10.4 Å². The van der Waals surface area contributed by atoms with E-state index in [1.165, 1.54) is 14.2 Å². The van der Waals surface area contributed by atoms with Crippen LogP contribution in [0.1, 0.15) is 52.5 Å². The SMILES string of the molecule is COC(CNNC(=O)[C@@]1(CCC(=O)OC(C)(C)C)N=C(c2ccc(OCCCO)cc2)O[C@H]1C)OC. The van der Waals surface area contributed by atoms with E-state index in [-0.39, 0.29) is 31.9 Å². The zero-order chi connectivity index (χ0) is 26.8. The fraction of sp³-hybridized carbons (Fsp3) is 0.640. The highest BCUT2D eigenvalue weighted by molar-refractivity contribution is 6.00. The van der Waals surface area contributed by atoms with Gasteiger partial charge in [0, 0.05) is 39.2 Å². The first-order chi connectivity index (χ1) is 17.0. The standard InChI is InChI=1S/C25H39N3O8/c1-17-25(13-12-20(30)36-24(2,3)4,23(31)28-26-16-21(32-5)33-6)27-22(35-17)18-8-10-19(11-9-18)34-15-7-14-29/h8-11,17,21,26,29H,7,12-16H2,1-6H3,(H,28,31)/t17-,25-/m0/s1. The van der Waals surface area contributed by atoms with Crippen molar-refractivity contribution in [1.82, 2.24) is 10.9 Å². The van der Waals surface area contributed by atoms with Crippen molar-refractivity contribution in [3.63, 3.8) is 0 Å². The minimum atomic E-state index is -1.37. The number of carbonyl (C=O) groups is 2. The summed E-state index contributed by atoms with van der Waals surface area (Å²) >= 11 is 0. The smallest absolute Gasteiger partial charge is 0.306 e. The van der Waals surface area contributed by atoms with Crippen molar-refractivity contribution in [2.45, 2.75) is 70.5 Å². The normalized spacial score (nSPS) is 19.6. The number of benzene rings is 1. The summed E-state index contributed by atoms with van der Waals surface area (Å²) in [5.74, 6) is 0.0448. The summed E-state index contributed by atoms with van der Waals surface area (Å²) in [6.07, 6.45) is -0.616. The Labute approximate surface area is 212 Å². The van der Waals surface area contributed by atoms with Crippen molar-refractivity contribution in [3.8, 4) is 5.75 Å². The van der Waals surface area contributed by atoms with Crippen LogP contribution in [0.25, 0.3) is 0 Å². The molecule has 0 bridgehead atoms. The van der Waals surface area contributed by atoms with Gasteiger partial charge >= 0.3 is 5.97 Å². The van der Waals surface area contributed by atoms with Crippen molar-refractivity contribution < 1.29 is 38.4 Å². The van der Waals surface area contributed by atoms with Crippen molar-refractivity contribution in [1.29, 1.82) is 0 Å². The topological polar surface area (TPSA) is 137 Å². The van der Waals surface area contributed by atoms with Crippen LogP contribution >= 0.6 is 0 Å². The van der Waals surface area contributed by atoms with E-state index in [0.29, 0.717) is 24.3 Å². The molecule has 1 amide bonds. The molecule has 0 saturated carbocycles. The van der Waals surface area contributed by atoms with Gasteiger partial charge in [0.1, 0.15) is 17.5 Å². The van der Waals surface area contributed by atoms with Gasteiger partial charge in [0.25, 0.3) is 5.91 Å².